The molecule has 122 valence electrons. The van der Waals surface area contributed by atoms with E-state index in [1.165, 1.54) is 37.3 Å². The first-order chi connectivity index (χ1) is 11.2. The van der Waals surface area contributed by atoms with Crippen LogP contribution in [0.15, 0.2) is 29.0 Å². The van der Waals surface area contributed by atoms with Crippen molar-refractivity contribution in [2.75, 3.05) is 26.2 Å². The number of rotatable bonds is 4. The fourth-order valence-corrected chi connectivity index (χ4v) is 4.15. The predicted octanol–water partition coefficient (Wildman–Crippen LogP) is 2.25. The van der Waals surface area contributed by atoms with Gasteiger partial charge in [-0.05, 0) is 37.3 Å². The van der Waals surface area contributed by atoms with Gasteiger partial charge in [-0.25, -0.2) is 0 Å². The molecule has 2 atom stereocenters. The maximum atomic E-state index is 5.29. The summed E-state index contributed by atoms with van der Waals surface area (Å²) >= 11 is 0. The molecule has 2 aromatic heterocycles. The smallest absolute Gasteiger partial charge is 0.138 e. The Morgan fingerprint density at radius 3 is 2.35 bits per heavy atom. The number of nitrogens with zero attached hydrogens (tertiary/aromatic N) is 4. The van der Waals surface area contributed by atoms with Crippen LogP contribution in [-0.2, 0) is 13.1 Å². The summed E-state index contributed by atoms with van der Waals surface area (Å²) < 4.78 is 5.29. The molecule has 0 saturated carbocycles. The molecule has 2 fully saturated rings. The highest BCUT2D eigenvalue weighted by Crippen LogP contribution is 2.33. The first-order valence-electron chi connectivity index (χ1n) is 8.44. The summed E-state index contributed by atoms with van der Waals surface area (Å²) in [6.07, 6.45) is 3.83. The zero-order chi connectivity index (χ0) is 15.8. The van der Waals surface area contributed by atoms with E-state index < -0.39 is 0 Å². The van der Waals surface area contributed by atoms with Crippen molar-refractivity contribution in [1.82, 2.24) is 19.9 Å². The fourth-order valence-electron chi connectivity index (χ4n) is 4.15. The zero-order valence-electron chi connectivity index (χ0n) is 13.9. The molecule has 4 heterocycles. The van der Waals surface area contributed by atoms with Crippen LogP contribution in [0.5, 0.6) is 0 Å². The summed E-state index contributed by atoms with van der Waals surface area (Å²) in [5.74, 6) is 2.57. The second kappa shape index (κ2) is 6.06. The maximum absolute atomic E-state index is 5.29. The van der Waals surface area contributed by atoms with Crippen LogP contribution in [-0.4, -0.2) is 46.1 Å². The summed E-state index contributed by atoms with van der Waals surface area (Å²) in [6, 6.07) is 4.20. The SMILES string of the molecule is Cc1noc(C)c1CN1C[C@H]2CN(Cc3cccnc3)C[C@H]2C1. The standard InChI is InChI=1S/C18H24N4O/c1-13-18(14(2)23-20-13)12-22-10-16-8-21(9-17(16)11-22)7-15-4-3-5-19-6-15/h3-6,16-17H,7-12H2,1-2H3/t16-,17+. The molecule has 5 heteroatoms. The third-order valence-corrected chi connectivity index (χ3v) is 5.33. The third-order valence-electron chi connectivity index (χ3n) is 5.33. The van der Waals surface area contributed by atoms with Gasteiger partial charge in [0.05, 0.1) is 5.69 Å². The van der Waals surface area contributed by atoms with Gasteiger partial charge < -0.3 is 4.52 Å². The van der Waals surface area contributed by atoms with Gasteiger partial charge in [-0.2, -0.15) is 0 Å². The number of likely N-dealkylation sites (tertiary alicyclic amines) is 2. The highest BCUT2D eigenvalue weighted by atomic mass is 16.5. The number of hydrogen-bond acceptors (Lipinski definition) is 5. The van der Waals surface area contributed by atoms with E-state index in [9.17, 15) is 0 Å². The molecule has 0 bridgehead atoms. The molecule has 4 rings (SSSR count). The second-order valence-electron chi connectivity index (χ2n) is 7.07. The lowest BCUT2D eigenvalue weighted by molar-refractivity contribution is 0.245. The Kier molecular flexibility index (Phi) is 3.91. The van der Waals surface area contributed by atoms with Crippen LogP contribution in [0.1, 0.15) is 22.6 Å². The Balaban J connectivity index is 1.33. The van der Waals surface area contributed by atoms with Gasteiger partial charge in [-0.1, -0.05) is 11.2 Å². The molecule has 2 aliphatic heterocycles. The lowest BCUT2D eigenvalue weighted by atomic mass is 10.0. The van der Waals surface area contributed by atoms with Crippen LogP contribution in [0, 0.1) is 25.7 Å². The first-order valence-corrected chi connectivity index (χ1v) is 8.44. The number of fused-ring (bicyclic) bond motifs is 1. The van der Waals surface area contributed by atoms with Gasteiger partial charge in [0.2, 0.25) is 0 Å². The Morgan fingerprint density at radius 2 is 1.78 bits per heavy atom. The molecular formula is C18H24N4O. The van der Waals surface area contributed by atoms with Crippen LogP contribution in [0.2, 0.25) is 0 Å². The molecule has 0 aliphatic carbocycles. The van der Waals surface area contributed by atoms with Crippen molar-refractivity contribution in [1.29, 1.82) is 0 Å². The van der Waals surface area contributed by atoms with Gasteiger partial charge in [-0.15, -0.1) is 0 Å². The minimum absolute atomic E-state index is 0.798. The van der Waals surface area contributed by atoms with Gasteiger partial charge in [0.15, 0.2) is 0 Å². The van der Waals surface area contributed by atoms with E-state index in [4.69, 9.17) is 4.52 Å². The van der Waals surface area contributed by atoms with Crippen LogP contribution in [0.4, 0.5) is 0 Å². The Hall–Kier alpha value is -1.72. The molecule has 5 nitrogen and oxygen atoms in total. The van der Waals surface area contributed by atoms with E-state index in [1.807, 2.05) is 32.3 Å². The van der Waals surface area contributed by atoms with Crippen LogP contribution >= 0.6 is 0 Å². The molecule has 0 aromatic carbocycles. The lowest BCUT2D eigenvalue weighted by Crippen LogP contribution is -2.28. The topological polar surface area (TPSA) is 45.4 Å². The van der Waals surface area contributed by atoms with Crippen LogP contribution in [0.25, 0.3) is 0 Å². The van der Waals surface area contributed by atoms with Crippen molar-refractivity contribution in [3.8, 4) is 0 Å². The Morgan fingerprint density at radius 1 is 1.09 bits per heavy atom. The quantitative estimate of drug-likeness (QED) is 0.866. The van der Waals surface area contributed by atoms with Crippen molar-refractivity contribution in [3.05, 3.63) is 47.1 Å². The molecule has 0 amide bonds. The highest BCUT2D eigenvalue weighted by Gasteiger charge is 2.40. The molecule has 0 spiro atoms. The van der Waals surface area contributed by atoms with E-state index in [2.05, 4.69) is 26.0 Å². The minimum Gasteiger partial charge on any atom is -0.361 e. The molecule has 2 aromatic rings. The van der Waals surface area contributed by atoms with E-state index in [0.29, 0.717) is 0 Å². The predicted molar refractivity (Wildman–Crippen MR) is 87.7 cm³/mol. The fraction of sp³-hybridized carbons (Fsp3) is 0.556. The number of aryl methyl sites for hydroxylation is 2. The van der Waals surface area contributed by atoms with Gasteiger partial charge >= 0.3 is 0 Å². The molecule has 0 unspecified atom stereocenters. The average Bonchev–Trinajstić information content (AvgIpc) is 3.17. The van der Waals surface area contributed by atoms with Gasteiger partial charge in [0.25, 0.3) is 0 Å². The van der Waals surface area contributed by atoms with Crippen molar-refractivity contribution in [2.24, 2.45) is 11.8 Å². The Bertz CT molecular complexity index is 635. The molecule has 23 heavy (non-hydrogen) atoms. The Labute approximate surface area is 137 Å². The third kappa shape index (κ3) is 3.03. The lowest BCUT2D eigenvalue weighted by Gasteiger charge is -2.21. The molecule has 0 N–H and O–H groups in total. The van der Waals surface area contributed by atoms with Crippen molar-refractivity contribution in [2.45, 2.75) is 26.9 Å². The molecule has 2 saturated heterocycles. The van der Waals surface area contributed by atoms with E-state index in [-0.39, 0.29) is 0 Å². The van der Waals surface area contributed by atoms with Crippen molar-refractivity contribution >= 4 is 0 Å². The first kappa shape index (κ1) is 14.8. The van der Waals surface area contributed by atoms with E-state index in [0.717, 1.165) is 36.4 Å². The number of pyridine rings is 1. The molecule has 0 radical (unpaired) electrons. The summed E-state index contributed by atoms with van der Waals surface area (Å²) in [6.45, 7) is 10.9. The van der Waals surface area contributed by atoms with Gasteiger partial charge in [-0.3, -0.25) is 14.8 Å². The minimum atomic E-state index is 0.798. The number of aromatic nitrogens is 2. The molecule has 2 aliphatic rings. The van der Waals surface area contributed by atoms with Crippen LogP contribution < -0.4 is 0 Å². The highest BCUT2D eigenvalue weighted by molar-refractivity contribution is 5.21. The normalized spacial score (nSPS) is 25.1. The zero-order valence-corrected chi connectivity index (χ0v) is 13.9. The second-order valence-corrected chi connectivity index (χ2v) is 7.07. The van der Waals surface area contributed by atoms with Crippen LogP contribution in [0.3, 0.4) is 0 Å². The number of hydrogen-bond donors (Lipinski definition) is 0. The largest absolute Gasteiger partial charge is 0.361 e. The summed E-state index contributed by atoms with van der Waals surface area (Å²) in [7, 11) is 0. The summed E-state index contributed by atoms with van der Waals surface area (Å²) in [5, 5.41) is 4.07. The van der Waals surface area contributed by atoms with E-state index >= 15 is 0 Å². The monoisotopic (exact) mass is 312 g/mol. The molecular weight excluding hydrogens is 288 g/mol. The summed E-state index contributed by atoms with van der Waals surface area (Å²) in [4.78, 5) is 9.38. The summed E-state index contributed by atoms with van der Waals surface area (Å²) in [5.41, 5.74) is 3.63. The van der Waals surface area contributed by atoms with Gasteiger partial charge in [0.1, 0.15) is 5.76 Å². The van der Waals surface area contributed by atoms with Crippen molar-refractivity contribution in [3.63, 3.8) is 0 Å². The maximum Gasteiger partial charge on any atom is 0.138 e. The van der Waals surface area contributed by atoms with Gasteiger partial charge in [0, 0.05) is 57.2 Å². The van der Waals surface area contributed by atoms with Crippen molar-refractivity contribution < 1.29 is 4.52 Å². The van der Waals surface area contributed by atoms with E-state index in [1.54, 1.807) is 0 Å². The average molecular weight is 312 g/mol.